The van der Waals surface area contributed by atoms with Gasteiger partial charge in [-0.25, -0.2) is 18.7 Å². The van der Waals surface area contributed by atoms with Crippen LogP contribution in [0.4, 0.5) is 20.3 Å². The van der Waals surface area contributed by atoms with Crippen molar-refractivity contribution in [2.75, 3.05) is 5.32 Å². The Morgan fingerprint density at radius 2 is 1.75 bits per heavy atom. The molecule has 0 saturated heterocycles. The van der Waals surface area contributed by atoms with Gasteiger partial charge in [0.25, 0.3) is 0 Å². The monoisotopic (exact) mass is 297 g/mol. The number of nitrogens with zero attached hydrogens (tertiary/aromatic N) is 2. The zero-order valence-electron chi connectivity index (χ0n) is 11.3. The fourth-order valence-corrected chi connectivity index (χ4v) is 1.80. The number of anilines is 2. The van der Waals surface area contributed by atoms with Crippen LogP contribution in [0.5, 0.6) is 0 Å². The smallest absolute Gasteiger partial charge is 0.149 e. The van der Waals surface area contributed by atoms with E-state index in [0.29, 0.717) is 17.2 Å². The average Bonchev–Trinajstić information content (AvgIpc) is 2.38. The van der Waals surface area contributed by atoms with Crippen molar-refractivity contribution in [2.24, 2.45) is 0 Å². The second-order valence-electron chi connectivity index (χ2n) is 4.72. The zero-order valence-corrected chi connectivity index (χ0v) is 12.1. The van der Waals surface area contributed by atoms with E-state index in [1.165, 1.54) is 18.2 Å². The van der Waals surface area contributed by atoms with Crippen LogP contribution in [-0.4, -0.2) is 9.97 Å². The summed E-state index contributed by atoms with van der Waals surface area (Å²) < 4.78 is 27.3. The highest BCUT2D eigenvalue weighted by molar-refractivity contribution is 6.30. The molecule has 1 aromatic carbocycles. The third-order valence-corrected chi connectivity index (χ3v) is 3.19. The summed E-state index contributed by atoms with van der Waals surface area (Å²) in [7, 11) is 0. The summed E-state index contributed by atoms with van der Waals surface area (Å²) in [4.78, 5) is 8.42. The highest BCUT2D eigenvalue weighted by Crippen LogP contribution is 2.28. The topological polar surface area (TPSA) is 37.8 Å². The molecule has 20 heavy (non-hydrogen) atoms. The van der Waals surface area contributed by atoms with Crippen LogP contribution in [0.3, 0.4) is 0 Å². The number of aromatic nitrogens is 2. The van der Waals surface area contributed by atoms with Gasteiger partial charge in [0.15, 0.2) is 0 Å². The third-order valence-electron chi connectivity index (χ3n) is 2.83. The molecule has 2 aromatic rings. The highest BCUT2D eigenvalue weighted by Gasteiger charge is 2.15. The van der Waals surface area contributed by atoms with Gasteiger partial charge in [0.05, 0.1) is 0 Å². The van der Waals surface area contributed by atoms with E-state index < -0.39 is 11.6 Å². The van der Waals surface area contributed by atoms with Crippen molar-refractivity contribution in [1.29, 1.82) is 0 Å². The first-order valence-corrected chi connectivity index (χ1v) is 6.53. The standard InChI is InChI=1S/C14H14ClF2N3/c1-7(2)13-19-12(15)8(3)14(20-13)18-11-9(16)5-4-6-10(11)17/h4-7H,1-3H3,(H,18,19,20). The molecule has 2 rings (SSSR count). The summed E-state index contributed by atoms with van der Waals surface area (Å²) in [5.41, 5.74) is 0.291. The summed E-state index contributed by atoms with van der Waals surface area (Å²) in [5, 5.41) is 2.93. The number of para-hydroxylation sites is 1. The molecule has 106 valence electrons. The van der Waals surface area contributed by atoms with Crippen LogP contribution in [0.2, 0.25) is 5.15 Å². The van der Waals surface area contributed by atoms with Gasteiger partial charge >= 0.3 is 0 Å². The maximum absolute atomic E-state index is 13.6. The van der Waals surface area contributed by atoms with Gasteiger partial charge in [0.2, 0.25) is 0 Å². The molecule has 0 radical (unpaired) electrons. The number of hydrogen-bond acceptors (Lipinski definition) is 3. The van der Waals surface area contributed by atoms with E-state index in [1.54, 1.807) is 6.92 Å². The molecule has 0 unspecified atom stereocenters. The lowest BCUT2D eigenvalue weighted by Crippen LogP contribution is -2.07. The lowest BCUT2D eigenvalue weighted by Gasteiger charge is -2.13. The number of halogens is 3. The van der Waals surface area contributed by atoms with Crippen molar-refractivity contribution in [3.63, 3.8) is 0 Å². The quantitative estimate of drug-likeness (QED) is 0.842. The minimum Gasteiger partial charge on any atom is -0.335 e. The van der Waals surface area contributed by atoms with E-state index in [1.807, 2.05) is 13.8 Å². The Labute approximate surface area is 121 Å². The lowest BCUT2D eigenvalue weighted by molar-refractivity contribution is 0.590. The number of nitrogens with one attached hydrogen (secondary N) is 1. The molecule has 0 aliphatic rings. The maximum Gasteiger partial charge on any atom is 0.149 e. The zero-order chi connectivity index (χ0) is 14.9. The Hall–Kier alpha value is -1.75. The fourth-order valence-electron chi connectivity index (χ4n) is 1.62. The first kappa shape index (κ1) is 14.7. The van der Waals surface area contributed by atoms with Crippen LogP contribution in [0, 0.1) is 18.6 Å². The summed E-state index contributed by atoms with van der Waals surface area (Å²) in [6, 6.07) is 3.65. The Bertz CT molecular complexity index is 624. The molecule has 0 atom stereocenters. The Morgan fingerprint density at radius 1 is 1.15 bits per heavy atom. The first-order valence-electron chi connectivity index (χ1n) is 6.15. The van der Waals surface area contributed by atoms with E-state index in [4.69, 9.17) is 11.6 Å². The van der Waals surface area contributed by atoms with Crippen LogP contribution >= 0.6 is 11.6 Å². The Kier molecular flexibility index (Phi) is 4.18. The van der Waals surface area contributed by atoms with Crippen LogP contribution < -0.4 is 5.32 Å². The summed E-state index contributed by atoms with van der Waals surface area (Å²) in [6.07, 6.45) is 0. The van der Waals surface area contributed by atoms with E-state index in [0.717, 1.165) is 0 Å². The van der Waals surface area contributed by atoms with Gasteiger partial charge in [-0.3, -0.25) is 0 Å². The first-order chi connectivity index (χ1) is 9.40. The molecule has 1 heterocycles. The van der Waals surface area contributed by atoms with Crippen LogP contribution in [0.25, 0.3) is 0 Å². The van der Waals surface area contributed by atoms with Crippen molar-refractivity contribution >= 4 is 23.1 Å². The predicted molar refractivity (Wildman–Crippen MR) is 75.5 cm³/mol. The molecular formula is C14H14ClF2N3. The molecule has 0 spiro atoms. The summed E-state index contributed by atoms with van der Waals surface area (Å²) in [5.74, 6) is -0.507. The molecule has 1 aromatic heterocycles. The van der Waals surface area contributed by atoms with Crippen molar-refractivity contribution in [3.05, 3.63) is 46.4 Å². The Balaban J connectivity index is 2.48. The molecule has 0 aliphatic carbocycles. The van der Waals surface area contributed by atoms with E-state index in [-0.39, 0.29) is 16.8 Å². The molecule has 0 bridgehead atoms. The summed E-state index contributed by atoms with van der Waals surface area (Å²) in [6.45, 7) is 5.51. The second kappa shape index (κ2) is 5.71. The van der Waals surface area contributed by atoms with Gasteiger partial charge < -0.3 is 5.32 Å². The van der Waals surface area contributed by atoms with E-state index in [2.05, 4.69) is 15.3 Å². The SMILES string of the molecule is Cc1c(Cl)nc(C(C)C)nc1Nc1c(F)cccc1F. The molecule has 6 heteroatoms. The maximum atomic E-state index is 13.6. The molecule has 0 saturated carbocycles. The molecule has 0 fully saturated rings. The molecule has 3 nitrogen and oxygen atoms in total. The minimum atomic E-state index is -0.690. The third kappa shape index (κ3) is 2.88. The normalized spacial score (nSPS) is 10.9. The van der Waals surface area contributed by atoms with Gasteiger partial charge in [-0.2, -0.15) is 0 Å². The fraction of sp³-hybridized carbons (Fsp3) is 0.286. The molecular weight excluding hydrogens is 284 g/mol. The van der Waals surface area contributed by atoms with Crippen molar-refractivity contribution in [1.82, 2.24) is 9.97 Å². The molecule has 0 aliphatic heterocycles. The van der Waals surface area contributed by atoms with Crippen LogP contribution in [-0.2, 0) is 0 Å². The van der Waals surface area contributed by atoms with Gasteiger partial charge in [-0.15, -0.1) is 0 Å². The van der Waals surface area contributed by atoms with Crippen molar-refractivity contribution < 1.29 is 8.78 Å². The largest absolute Gasteiger partial charge is 0.335 e. The molecule has 1 N–H and O–H groups in total. The number of benzene rings is 1. The highest BCUT2D eigenvalue weighted by atomic mass is 35.5. The van der Waals surface area contributed by atoms with Crippen LogP contribution in [0.15, 0.2) is 18.2 Å². The van der Waals surface area contributed by atoms with Gasteiger partial charge in [0.1, 0.15) is 34.1 Å². The van der Waals surface area contributed by atoms with Crippen LogP contribution in [0.1, 0.15) is 31.2 Å². The molecule has 0 amide bonds. The van der Waals surface area contributed by atoms with Crippen molar-refractivity contribution in [2.45, 2.75) is 26.7 Å². The van der Waals surface area contributed by atoms with E-state index >= 15 is 0 Å². The lowest BCUT2D eigenvalue weighted by atomic mass is 10.2. The van der Waals surface area contributed by atoms with Gasteiger partial charge in [-0.05, 0) is 19.1 Å². The van der Waals surface area contributed by atoms with Gasteiger partial charge in [-0.1, -0.05) is 31.5 Å². The van der Waals surface area contributed by atoms with Crippen molar-refractivity contribution in [3.8, 4) is 0 Å². The Morgan fingerprint density at radius 3 is 2.30 bits per heavy atom. The second-order valence-corrected chi connectivity index (χ2v) is 5.08. The minimum absolute atomic E-state index is 0.0547. The summed E-state index contributed by atoms with van der Waals surface area (Å²) >= 11 is 6.03. The average molecular weight is 298 g/mol. The van der Waals surface area contributed by atoms with E-state index in [9.17, 15) is 8.78 Å². The number of rotatable bonds is 3. The predicted octanol–water partition coefficient (Wildman–Crippen LogP) is 4.58. The van der Waals surface area contributed by atoms with Gasteiger partial charge in [0, 0.05) is 11.5 Å². The number of hydrogen-bond donors (Lipinski definition) is 1.